The fourth-order valence-corrected chi connectivity index (χ4v) is 9.82. The number of hydrogen-bond acceptors (Lipinski definition) is 14. The molecule has 81 heavy (non-hydrogen) atoms. The molecule has 0 saturated carbocycles. The van der Waals surface area contributed by atoms with Crippen LogP contribution >= 0.6 is 0 Å². The standard InChI is InChI=1S/2C31H33N5O4.H2O/c2*1-34-15-17-36(18-16-34)20-27(37)35(2)24-12-10-23(11-13-24)32-29(21-7-5-4-6-8-21)28-25-14-9-22(31(39)40-3)19-26(25)33-30(28)38;/h2*4-14,19,32H,15-18,20H2,1-3H3,(H,33,38);1H2. The third-order valence-electron chi connectivity index (χ3n) is 14.7. The summed E-state index contributed by atoms with van der Waals surface area (Å²) in [7, 11) is 10.4. The van der Waals surface area contributed by atoms with Crippen molar-refractivity contribution in [2.24, 2.45) is 0 Å². The normalized spacial score (nSPS) is 16.4. The van der Waals surface area contributed by atoms with Gasteiger partial charge in [0.1, 0.15) is 0 Å². The van der Waals surface area contributed by atoms with Crippen LogP contribution in [0.25, 0.3) is 22.5 Å². The molecule has 2 fully saturated rings. The molecule has 19 heteroatoms. The van der Waals surface area contributed by atoms with Gasteiger partial charge in [-0.25, -0.2) is 9.59 Å². The SMILES string of the molecule is COC(=O)c1ccc2c(c1)NC(=O)C2=C(Nc1ccc(N(C)C(=O)CN2CCN(C)CC2)cc1)c1ccccc1.COC(=O)c1ccc2c(c1)NC(=O)C2=C(Nc1ccc(N(C)C(=O)CN2CCN(C)CC2)cc1)c1ccccc1.O. The van der Waals surface area contributed by atoms with Crippen LogP contribution in [-0.2, 0) is 28.7 Å². The lowest BCUT2D eigenvalue weighted by Crippen LogP contribution is -2.48. The van der Waals surface area contributed by atoms with Gasteiger partial charge in [-0.1, -0.05) is 72.8 Å². The van der Waals surface area contributed by atoms with Gasteiger partial charge in [-0.15, -0.1) is 0 Å². The van der Waals surface area contributed by atoms with Gasteiger partial charge in [0.25, 0.3) is 11.8 Å². The minimum atomic E-state index is -0.469. The van der Waals surface area contributed by atoms with Crippen LogP contribution in [0, 0.1) is 0 Å². The first-order valence-corrected chi connectivity index (χ1v) is 26.4. The number of carbonyl (C=O) groups is 6. The molecule has 420 valence electrons. The highest BCUT2D eigenvalue weighted by Gasteiger charge is 2.32. The molecule has 6 aromatic carbocycles. The molecule has 0 radical (unpaired) electrons. The second kappa shape index (κ2) is 26.3. The average molecular weight is 1100 g/mol. The molecular weight excluding hydrogens is 1030 g/mol. The van der Waals surface area contributed by atoms with Crippen molar-refractivity contribution in [3.63, 3.8) is 0 Å². The van der Waals surface area contributed by atoms with E-state index >= 15 is 0 Å². The molecule has 0 atom stereocenters. The van der Waals surface area contributed by atoms with Gasteiger partial charge < -0.3 is 55.8 Å². The zero-order chi connectivity index (χ0) is 56.5. The van der Waals surface area contributed by atoms with Gasteiger partial charge in [-0.3, -0.25) is 29.0 Å². The first-order valence-electron chi connectivity index (χ1n) is 26.4. The lowest BCUT2D eigenvalue weighted by Gasteiger charge is -2.32. The van der Waals surface area contributed by atoms with E-state index in [-0.39, 0.29) is 29.1 Å². The van der Waals surface area contributed by atoms with Crippen molar-refractivity contribution in [3.05, 3.63) is 179 Å². The van der Waals surface area contributed by atoms with E-state index in [2.05, 4.69) is 55.0 Å². The van der Waals surface area contributed by atoms with Crippen LogP contribution in [0.2, 0.25) is 0 Å². The summed E-state index contributed by atoms with van der Waals surface area (Å²) in [5.74, 6) is -1.39. The van der Waals surface area contributed by atoms with Crippen molar-refractivity contribution < 1.29 is 43.7 Å². The summed E-state index contributed by atoms with van der Waals surface area (Å²) in [4.78, 5) is 88.6. The quantitative estimate of drug-likeness (QED) is 0.0685. The number of rotatable bonds is 14. The summed E-state index contributed by atoms with van der Waals surface area (Å²) < 4.78 is 9.65. The van der Waals surface area contributed by atoms with Crippen molar-refractivity contribution in [1.29, 1.82) is 0 Å². The lowest BCUT2D eigenvalue weighted by atomic mass is 9.99. The first-order chi connectivity index (χ1) is 38.7. The summed E-state index contributed by atoms with van der Waals surface area (Å²) in [6.07, 6.45) is 0. The molecule has 0 bridgehead atoms. The first kappa shape index (κ1) is 58.2. The molecule has 19 nitrogen and oxygen atoms in total. The Kier molecular flexibility index (Phi) is 18.9. The zero-order valence-corrected chi connectivity index (χ0v) is 46.4. The number of anilines is 6. The second-order valence-electron chi connectivity index (χ2n) is 20.1. The molecule has 6 aromatic rings. The number of benzene rings is 6. The van der Waals surface area contributed by atoms with Gasteiger partial charge in [0.15, 0.2) is 0 Å². The average Bonchev–Trinajstić information content (AvgIpc) is 4.00. The van der Waals surface area contributed by atoms with Gasteiger partial charge in [-0.05, 0) is 98.0 Å². The van der Waals surface area contributed by atoms with Gasteiger partial charge in [0.2, 0.25) is 11.8 Å². The largest absolute Gasteiger partial charge is 0.465 e. The van der Waals surface area contributed by atoms with Crippen molar-refractivity contribution in [2.75, 3.05) is 139 Å². The van der Waals surface area contributed by atoms with Crippen LogP contribution in [0.1, 0.15) is 43.0 Å². The number of ether oxygens (including phenoxy) is 2. The molecule has 10 rings (SSSR count). The molecule has 4 aliphatic rings. The number of piperazine rings is 2. The highest BCUT2D eigenvalue weighted by atomic mass is 16.5. The number of esters is 2. The van der Waals surface area contributed by atoms with E-state index in [1.54, 1.807) is 60.3 Å². The summed E-state index contributed by atoms with van der Waals surface area (Å²) in [5, 5.41) is 12.6. The minimum Gasteiger partial charge on any atom is -0.465 e. The van der Waals surface area contributed by atoms with Crippen molar-refractivity contribution in [3.8, 4) is 0 Å². The Hall–Kier alpha value is -8.98. The topological polar surface area (TPSA) is 220 Å². The molecule has 4 aliphatic heterocycles. The van der Waals surface area contributed by atoms with Gasteiger partial charge in [-0.2, -0.15) is 0 Å². The van der Waals surface area contributed by atoms with Crippen molar-refractivity contribution in [1.82, 2.24) is 19.6 Å². The smallest absolute Gasteiger partial charge is 0.337 e. The van der Waals surface area contributed by atoms with E-state index in [1.807, 2.05) is 109 Å². The molecule has 4 heterocycles. The van der Waals surface area contributed by atoms with Crippen LogP contribution in [0.5, 0.6) is 0 Å². The Labute approximate surface area is 471 Å². The summed E-state index contributed by atoms with van der Waals surface area (Å²) in [6, 6.07) is 44.4. The molecule has 0 spiro atoms. The number of carbonyl (C=O) groups excluding carboxylic acids is 6. The number of nitrogens with zero attached hydrogens (tertiary/aromatic N) is 6. The Morgan fingerprint density at radius 2 is 0.827 bits per heavy atom. The third-order valence-corrected chi connectivity index (χ3v) is 14.7. The van der Waals surface area contributed by atoms with Crippen LogP contribution in [0.15, 0.2) is 146 Å². The third kappa shape index (κ3) is 13.7. The maximum absolute atomic E-state index is 13.2. The molecule has 0 aliphatic carbocycles. The number of hydrogen-bond donors (Lipinski definition) is 4. The Morgan fingerprint density at radius 3 is 1.16 bits per heavy atom. The van der Waals surface area contributed by atoms with Gasteiger partial charge in [0.05, 0.1) is 72.4 Å². The molecule has 4 amide bonds. The number of methoxy groups -OCH3 is 2. The highest BCUT2D eigenvalue weighted by Crippen LogP contribution is 2.40. The van der Waals surface area contributed by atoms with E-state index in [1.165, 1.54) is 14.2 Å². The molecule has 0 aromatic heterocycles. The predicted octanol–water partition coefficient (Wildman–Crippen LogP) is 6.41. The number of likely N-dealkylation sites (N-methyl/N-ethyl adjacent to an activating group) is 4. The molecule has 2 saturated heterocycles. The second-order valence-corrected chi connectivity index (χ2v) is 20.1. The molecule has 6 N–H and O–H groups in total. The number of nitrogens with one attached hydrogen (secondary N) is 4. The van der Waals surface area contributed by atoms with Crippen LogP contribution in [-0.4, -0.2) is 169 Å². The summed E-state index contributed by atoms with van der Waals surface area (Å²) >= 11 is 0. The van der Waals surface area contributed by atoms with E-state index in [4.69, 9.17) is 9.47 Å². The van der Waals surface area contributed by atoms with E-state index in [0.29, 0.717) is 69.3 Å². The van der Waals surface area contributed by atoms with E-state index in [9.17, 15) is 28.8 Å². The van der Waals surface area contributed by atoms with Crippen molar-refractivity contribution in [2.45, 2.75) is 0 Å². The number of amides is 4. The Bertz CT molecular complexity index is 3110. The maximum Gasteiger partial charge on any atom is 0.337 e. The Morgan fingerprint density at radius 1 is 0.481 bits per heavy atom. The van der Waals surface area contributed by atoms with Gasteiger partial charge in [0, 0.05) is 100 Å². The monoisotopic (exact) mass is 1100 g/mol. The lowest BCUT2D eigenvalue weighted by molar-refractivity contribution is -0.120. The molecule has 0 unspecified atom stereocenters. The van der Waals surface area contributed by atoms with Crippen LogP contribution in [0.4, 0.5) is 34.1 Å². The zero-order valence-electron chi connectivity index (χ0n) is 46.4. The van der Waals surface area contributed by atoms with E-state index in [0.717, 1.165) is 86.2 Å². The number of fused-ring (bicyclic) bond motifs is 2. The maximum atomic E-state index is 13.2. The van der Waals surface area contributed by atoms with E-state index < -0.39 is 11.9 Å². The fraction of sp³-hybridized carbons (Fsp3) is 0.258. The van der Waals surface area contributed by atoms with Crippen molar-refractivity contribution >= 4 is 92.2 Å². The molecular formula is C62H68N10O9. The van der Waals surface area contributed by atoms with Crippen LogP contribution in [0.3, 0.4) is 0 Å². The fourth-order valence-electron chi connectivity index (χ4n) is 9.82. The minimum absolute atomic E-state index is 0. The van der Waals surface area contributed by atoms with Gasteiger partial charge >= 0.3 is 11.9 Å². The van der Waals surface area contributed by atoms with Crippen LogP contribution < -0.4 is 31.1 Å². The Balaban J connectivity index is 0.000000210. The predicted molar refractivity (Wildman–Crippen MR) is 318 cm³/mol. The highest BCUT2D eigenvalue weighted by molar-refractivity contribution is 6.38. The summed E-state index contributed by atoms with van der Waals surface area (Å²) in [6.45, 7) is 8.18. The summed E-state index contributed by atoms with van der Waals surface area (Å²) in [5.41, 5.74) is 10.2.